The summed E-state index contributed by atoms with van der Waals surface area (Å²) in [6.45, 7) is 5.00. The van der Waals surface area contributed by atoms with Crippen molar-refractivity contribution in [2.45, 2.75) is 33.3 Å². The summed E-state index contributed by atoms with van der Waals surface area (Å²) in [5, 5.41) is 3.62. The quantitative estimate of drug-likeness (QED) is 0.689. The van der Waals surface area contributed by atoms with Gasteiger partial charge in [-0.05, 0) is 55.3 Å². The molecule has 0 aliphatic heterocycles. The van der Waals surface area contributed by atoms with Crippen molar-refractivity contribution < 1.29 is 14.3 Å². The molecule has 134 valence electrons. The van der Waals surface area contributed by atoms with Crippen LogP contribution in [-0.2, 0) is 6.61 Å². The minimum absolute atomic E-state index is 0.0836. The summed E-state index contributed by atoms with van der Waals surface area (Å²) in [7, 11) is 1.60. The molecule has 0 bridgehead atoms. The Kier molecular flexibility index (Phi) is 7.14. The molecule has 0 radical (unpaired) electrons. The third-order valence-corrected chi connectivity index (χ3v) is 4.31. The number of carbonyl (C=O) groups is 1. The molecule has 25 heavy (non-hydrogen) atoms. The highest BCUT2D eigenvalue weighted by Crippen LogP contribution is 2.25. The maximum atomic E-state index is 12.2. The van der Waals surface area contributed by atoms with E-state index in [2.05, 4.69) is 12.2 Å². The van der Waals surface area contributed by atoms with Crippen LogP contribution in [0.1, 0.15) is 41.3 Å². The summed E-state index contributed by atoms with van der Waals surface area (Å²) in [4.78, 5) is 12.2. The van der Waals surface area contributed by atoms with Crippen molar-refractivity contribution in [3.8, 4) is 11.5 Å². The van der Waals surface area contributed by atoms with Gasteiger partial charge in [-0.1, -0.05) is 24.9 Å². The fourth-order valence-electron chi connectivity index (χ4n) is 2.38. The third-order valence-electron chi connectivity index (χ3n) is 3.88. The van der Waals surface area contributed by atoms with Crippen LogP contribution in [0.15, 0.2) is 36.4 Å². The van der Waals surface area contributed by atoms with Crippen molar-refractivity contribution in [1.82, 2.24) is 5.32 Å². The molecule has 0 aliphatic carbocycles. The van der Waals surface area contributed by atoms with Gasteiger partial charge < -0.3 is 14.8 Å². The molecule has 2 aromatic carbocycles. The van der Waals surface area contributed by atoms with Gasteiger partial charge in [-0.15, -0.1) is 0 Å². The number of nitrogens with one attached hydrogen (secondary N) is 1. The molecular formula is C20H24ClNO3. The van der Waals surface area contributed by atoms with E-state index in [4.69, 9.17) is 21.1 Å². The van der Waals surface area contributed by atoms with Gasteiger partial charge in [0.1, 0.15) is 18.1 Å². The van der Waals surface area contributed by atoms with Crippen LogP contribution in [-0.4, -0.2) is 19.6 Å². The van der Waals surface area contributed by atoms with Gasteiger partial charge in [0, 0.05) is 22.7 Å². The minimum Gasteiger partial charge on any atom is -0.496 e. The SMILES string of the molecule is CCCCNC(=O)c1ccc(OC)c(COc2ccc(Cl)c(C)c2)c1. The first-order valence-corrected chi connectivity index (χ1v) is 8.77. The lowest BCUT2D eigenvalue weighted by Gasteiger charge is -2.13. The number of unbranched alkanes of at least 4 members (excludes halogenated alkanes) is 1. The Hall–Kier alpha value is -2.20. The van der Waals surface area contributed by atoms with Crippen LogP contribution in [0, 0.1) is 6.92 Å². The van der Waals surface area contributed by atoms with Crippen LogP contribution in [0.3, 0.4) is 0 Å². The fraction of sp³-hybridized carbons (Fsp3) is 0.350. The lowest BCUT2D eigenvalue weighted by atomic mass is 10.1. The second-order valence-corrected chi connectivity index (χ2v) is 6.24. The lowest BCUT2D eigenvalue weighted by Crippen LogP contribution is -2.24. The van der Waals surface area contributed by atoms with Gasteiger partial charge in [0.2, 0.25) is 0 Å². The molecule has 5 heteroatoms. The number of methoxy groups -OCH3 is 1. The van der Waals surface area contributed by atoms with Crippen molar-refractivity contribution in [2.75, 3.05) is 13.7 Å². The predicted molar refractivity (Wildman–Crippen MR) is 101 cm³/mol. The Labute approximate surface area is 154 Å². The van der Waals surface area contributed by atoms with E-state index in [-0.39, 0.29) is 5.91 Å². The summed E-state index contributed by atoms with van der Waals surface area (Å²) in [6, 6.07) is 10.9. The maximum Gasteiger partial charge on any atom is 0.251 e. The van der Waals surface area contributed by atoms with Gasteiger partial charge in [-0.25, -0.2) is 0 Å². The number of ether oxygens (including phenoxy) is 2. The Morgan fingerprint density at radius 3 is 2.68 bits per heavy atom. The summed E-state index contributed by atoms with van der Waals surface area (Å²) in [5.74, 6) is 1.33. The van der Waals surface area contributed by atoms with Crippen LogP contribution < -0.4 is 14.8 Å². The first kappa shape index (κ1) is 19.1. The second-order valence-electron chi connectivity index (χ2n) is 5.84. The van der Waals surface area contributed by atoms with Crippen LogP contribution in [0.5, 0.6) is 11.5 Å². The zero-order valence-corrected chi connectivity index (χ0v) is 15.7. The van der Waals surface area contributed by atoms with Gasteiger partial charge in [0.15, 0.2) is 0 Å². The summed E-state index contributed by atoms with van der Waals surface area (Å²) < 4.78 is 11.2. The summed E-state index contributed by atoms with van der Waals surface area (Å²) in [6.07, 6.45) is 2.01. The molecular weight excluding hydrogens is 338 g/mol. The van der Waals surface area contributed by atoms with Crippen molar-refractivity contribution in [2.24, 2.45) is 0 Å². The highest BCUT2D eigenvalue weighted by molar-refractivity contribution is 6.31. The first-order valence-electron chi connectivity index (χ1n) is 8.39. The molecule has 0 spiro atoms. The third kappa shape index (κ3) is 5.40. The van der Waals surface area contributed by atoms with E-state index in [0.717, 1.165) is 29.7 Å². The van der Waals surface area contributed by atoms with Crippen molar-refractivity contribution >= 4 is 17.5 Å². The van der Waals surface area contributed by atoms with Gasteiger partial charge in [-0.3, -0.25) is 4.79 Å². The normalized spacial score (nSPS) is 10.4. The molecule has 0 aliphatic rings. The van der Waals surface area contributed by atoms with Crippen LogP contribution >= 0.6 is 11.6 Å². The van der Waals surface area contributed by atoms with E-state index in [1.165, 1.54) is 0 Å². The van der Waals surface area contributed by atoms with E-state index in [0.29, 0.717) is 29.5 Å². The Bertz CT molecular complexity index is 731. The Balaban J connectivity index is 2.10. The molecule has 4 nitrogen and oxygen atoms in total. The fourth-order valence-corrected chi connectivity index (χ4v) is 2.50. The van der Waals surface area contributed by atoms with Gasteiger partial charge in [-0.2, -0.15) is 0 Å². The number of rotatable bonds is 8. The molecule has 1 N–H and O–H groups in total. The molecule has 2 aromatic rings. The Morgan fingerprint density at radius 1 is 1.20 bits per heavy atom. The maximum absolute atomic E-state index is 12.2. The molecule has 0 fully saturated rings. The second kappa shape index (κ2) is 9.33. The minimum atomic E-state index is -0.0836. The molecule has 2 rings (SSSR count). The standard InChI is InChI=1S/C20H24ClNO3/c1-4-5-10-22-20(23)15-6-9-19(24-3)16(12-15)13-25-17-7-8-18(21)14(2)11-17/h6-9,11-12H,4-5,10,13H2,1-3H3,(H,22,23). The predicted octanol–water partition coefficient (Wildman–Crippen LogP) is 4.77. The number of amides is 1. The van der Waals surface area contributed by atoms with Gasteiger partial charge in [0.25, 0.3) is 5.91 Å². The lowest BCUT2D eigenvalue weighted by molar-refractivity contribution is 0.0953. The largest absolute Gasteiger partial charge is 0.496 e. The molecule has 0 saturated carbocycles. The number of benzene rings is 2. The number of halogens is 1. The topological polar surface area (TPSA) is 47.6 Å². The number of hydrogen-bond donors (Lipinski definition) is 1. The van der Waals surface area contributed by atoms with E-state index in [1.54, 1.807) is 25.3 Å². The van der Waals surface area contributed by atoms with E-state index in [1.807, 2.05) is 25.1 Å². The van der Waals surface area contributed by atoms with Gasteiger partial charge >= 0.3 is 0 Å². The summed E-state index contributed by atoms with van der Waals surface area (Å²) in [5.41, 5.74) is 2.37. The highest BCUT2D eigenvalue weighted by Gasteiger charge is 2.11. The van der Waals surface area contributed by atoms with Crippen molar-refractivity contribution in [3.63, 3.8) is 0 Å². The average molecular weight is 362 g/mol. The first-order chi connectivity index (χ1) is 12.0. The van der Waals surface area contributed by atoms with Crippen LogP contribution in [0.25, 0.3) is 0 Å². The summed E-state index contributed by atoms with van der Waals surface area (Å²) >= 11 is 6.03. The smallest absolute Gasteiger partial charge is 0.251 e. The van der Waals surface area contributed by atoms with E-state index in [9.17, 15) is 4.79 Å². The number of carbonyl (C=O) groups excluding carboxylic acids is 1. The van der Waals surface area contributed by atoms with Crippen LogP contribution in [0.2, 0.25) is 5.02 Å². The van der Waals surface area contributed by atoms with Crippen molar-refractivity contribution in [3.05, 3.63) is 58.1 Å². The molecule has 0 unspecified atom stereocenters. The monoisotopic (exact) mass is 361 g/mol. The van der Waals surface area contributed by atoms with Gasteiger partial charge in [0.05, 0.1) is 7.11 Å². The zero-order chi connectivity index (χ0) is 18.2. The molecule has 0 aromatic heterocycles. The number of hydrogen-bond acceptors (Lipinski definition) is 3. The Morgan fingerprint density at radius 2 is 2.00 bits per heavy atom. The number of aryl methyl sites for hydroxylation is 1. The highest BCUT2D eigenvalue weighted by atomic mass is 35.5. The molecule has 1 amide bonds. The molecule has 0 heterocycles. The zero-order valence-electron chi connectivity index (χ0n) is 14.9. The van der Waals surface area contributed by atoms with E-state index >= 15 is 0 Å². The molecule has 0 atom stereocenters. The average Bonchev–Trinajstić information content (AvgIpc) is 2.62. The molecule has 0 saturated heterocycles. The van der Waals surface area contributed by atoms with Crippen LogP contribution in [0.4, 0.5) is 0 Å². The van der Waals surface area contributed by atoms with E-state index < -0.39 is 0 Å². The van der Waals surface area contributed by atoms with Crippen molar-refractivity contribution in [1.29, 1.82) is 0 Å².